The maximum atomic E-state index is 13.1. The van der Waals surface area contributed by atoms with Crippen molar-refractivity contribution < 1.29 is 8.78 Å². The zero-order chi connectivity index (χ0) is 10.0. The van der Waals surface area contributed by atoms with E-state index in [0.29, 0.717) is 0 Å². The zero-order valence-corrected chi connectivity index (χ0v) is 7.72. The molecule has 72 valence electrons. The van der Waals surface area contributed by atoms with Crippen molar-refractivity contribution >= 4 is 0 Å². The lowest BCUT2D eigenvalue weighted by Gasteiger charge is -2.16. The molecule has 0 amide bonds. The third-order valence-corrected chi connectivity index (χ3v) is 2.04. The van der Waals surface area contributed by atoms with E-state index in [1.165, 1.54) is 0 Å². The number of nitrogens with two attached hydrogens (primary N) is 1. The molecule has 0 bridgehead atoms. The van der Waals surface area contributed by atoms with Gasteiger partial charge in [-0.2, -0.15) is 0 Å². The van der Waals surface area contributed by atoms with Gasteiger partial charge in [-0.3, -0.25) is 0 Å². The monoisotopic (exact) mass is 185 g/mol. The Morgan fingerprint density at radius 3 is 2.38 bits per heavy atom. The normalized spacial score (nSPS) is 13.4. The Hall–Kier alpha value is -0.960. The smallest absolute Gasteiger partial charge is 0.128 e. The first-order valence-corrected chi connectivity index (χ1v) is 4.23. The second-order valence-electron chi connectivity index (χ2n) is 3.44. The molecule has 1 atom stereocenters. The average molecular weight is 185 g/mol. The molecule has 1 aromatic carbocycles. The molecular weight excluding hydrogens is 172 g/mol. The average Bonchev–Trinajstić information content (AvgIpc) is 2.08. The highest BCUT2D eigenvalue weighted by molar-refractivity contribution is 5.22. The van der Waals surface area contributed by atoms with Gasteiger partial charge in [-0.15, -0.1) is 0 Å². The van der Waals surface area contributed by atoms with Crippen molar-refractivity contribution in [3.05, 3.63) is 35.4 Å². The summed E-state index contributed by atoms with van der Waals surface area (Å²) in [4.78, 5) is 0. The van der Waals surface area contributed by atoms with E-state index in [1.54, 1.807) is 0 Å². The van der Waals surface area contributed by atoms with Gasteiger partial charge in [-0.1, -0.05) is 13.8 Å². The summed E-state index contributed by atoms with van der Waals surface area (Å²) in [7, 11) is 0. The van der Waals surface area contributed by atoms with Gasteiger partial charge in [-0.05, 0) is 24.1 Å². The lowest BCUT2D eigenvalue weighted by atomic mass is 9.96. The van der Waals surface area contributed by atoms with Crippen LogP contribution >= 0.6 is 0 Å². The molecule has 1 rings (SSSR count). The molecule has 0 saturated heterocycles. The minimum atomic E-state index is -0.451. The van der Waals surface area contributed by atoms with E-state index in [4.69, 9.17) is 5.73 Å². The van der Waals surface area contributed by atoms with E-state index < -0.39 is 17.7 Å². The molecule has 2 N–H and O–H groups in total. The van der Waals surface area contributed by atoms with Crippen molar-refractivity contribution in [1.29, 1.82) is 0 Å². The summed E-state index contributed by atoms with van der Waals surface area (Å²) in [5.74, 6) is -0.800. The van der Waals surface area contributed by atoms with Crippen LogP contribution in [-0.2, 0) is 0 Å². The van der Waals surface area contributed by atoms with E-state index in [1.807, 2.05) is 13.8 Å². The molecule has 1 aromatic rings. The Bertz CT molecular complexity index is 297. The Labute approximate surface area is 76.6 Å². The molecule has 0 fully saturated rings. The number of rotatable bonds is 2. The molecule has 3 heteroatoms. The van der Waals surface area contributed by atoms with Crippen LogP contribution in [0.5, 0.6) is 0 Å². The number of benzene rings is 1. The highest BCUT2D eigenvalue weighted by Crippen LogP contribution is 2.22. The largest absolute Gasteiger partial charge is 0.324 e. The quantitative estimate of drug-likeness (QED) is 0.753. The number of halogens is 2. The molecule has 1 nitrogen and oxygen atoms in total. The predicted molar refractivity (Wildman–Crippen MR) is 48.1 cm³/mol. The Morgan fingerprint density at radius 1 is 1.23 bits per heavy atom. The Balaban J connectivity index is 3.05. The van der Waals surface area contributed by atoms with Gasteiger partial charge < -0.3 is 5.73 Å². The zero-order valence-electron chi connectivity index (χ0n) is 7.72. The fourth-order valence-corrected chi connectivity index (χ4v) is 1.13. The topological polar surface area (TPSA) is 26.0 Å². The molecular formula is C10H13F2N. The predicted octanol–water partition coefficient (Wildman–Crippen LogP) is 2.62. The van der Waals surface area contributed by atoms with Gasteiger partial charge in [-0.25, -0.2) is 8.78 Å². The molecule has 0 aliphatic heterocycles. The van der Waals surface area contributed by atoms with E-state index in [0.717, 1.165) is 18.2 Å². The summed E-state index contributed by atoms with van der Waals surface area (Å²) in [6.45, 7) is 3.74. The third kappa shape index (κ3) is 2.25. The van der Waals surface area contributed by atoms with Crippen LogP contribution in [0.2, 0.25) is 0 Å². The molecule has 0 heterocycles. The highest BCUT2D eigenvalue weighted by atomic mass is 19.1. The molecule has 13 heavy (non-hydrogen) atoms. The second-order valence-corrected chi connectivity index (χ2v) is 3.44. The first kappa shape index (κ1) is 10.1. The molecule has 0 aliphatic rings. The Morgan fingerprint density at radius 2 is 1.85 bits per heavy atom. The molecule has 0 spiro atoms. The van der Waals surface area contributed by atoms with Crippen LogP contribution in [0.4, 0.5) is 8.78 Å². The minimum absolute atomic E-state index is 0.0938. The van der Waals surface area contributed by atoms with Gasteiger partial charge in [0.2, 0.25) is 0 Å². The lowest BCUT2D eigenvalue weighted by molar-refractivity contribution is 0.479. The maximum absolute atomic E-state index is 13.1. The van der Waals surface area contributed by atoms with E-state index in [2.05, 4.69) is 0 Å². The van der Waals surface area contributed by atoms with Gasteiger partial charge in [0, 0.05) is 11.6 Å². The fourth-order valence-electron chi connectivity index (χ4n) is 1.13. The maximum Gasteiger partial charge on any atom is 0.128 e. The standard InChI is InChI=1S/C10H13F2N/c1-6(2)10(13)8-5-7(11)3-4-9(8)12/h3-6,10H,13H2,1-2H3/t10-/m0/s1. The van der Waals surface area contributed by atoms with Crippen molar-refractivity contribution in [3.8, 4) is 0 Å². The molecule has 0 unspecified atom stereocenters. The summed E-state index contributed by atoms with van der Waals surface area (Å²) in [5, 5.41) is 0. The summed E-state index contributed by atoms with van der Waals surface area (Å²) in [6.07, 6.45) is 0. The summed E-state index contributed by atoms with van der Waals surface area (Å²) in [6, 6.07) is 2.90. The summed E-state index contributed by atoms with van der Waals surface area (Å²) in [5.41, 5.74) is 5.95. The van der Waals surface area contributed by atoms with Crippen LogP contribution < -0.4 is 5.73 Å². The first-order chi connectivity index (χ1) is 6.02. The summed E-state index contributed by atoms with van der Waals surface area (Å²) >= 11 is 0. The van der Waals surface area contributed by atoms with E-state index in [9.17, 15) is 8.78 Å². The van der Waals surface area contributed by atoms with Crippen LogP contribution in [0.1, 0.15) is 25.5 Å². The molecule has 0 radical (unpaired) electrons. The van der Waals surface area contributed by atoms with Gasteiger partial charge in [0.25, 0.3) is 0 Å². The van der Waals surface area contributed by atoms with E-state index >= 15 is 0 Å². The van der Waals surface area contributed by atoms with Crippen molar-refractivity contribution in [3.63, 3.8) is 0 Å². The minimum Gasteiger partial charge on any atom is -0.324 e. The lowest BCUT2D eigenvalue weighted by Crippen LogP contribution is -2.18. The van der Waals surface area contributed by atoms with E-state index in [-0.39, 0.29) is 11.5 Å². The SMILES string of the molecule is CC(C)[C@H](N)c1cc(F)ccc1F. The third-order valence-electron chi connectivity index (χ3n) is 2.04. The van der Waals surface area contributed by atoms with Crippen molar-refractivity contribution in [2.24, 2.45) is 11.7 Å². The first-order valence-electron chi connectivity index (χ1n) is 4.23. The van der Waals surface area contributed by atoms with Crippen molar-refractivity contribution in [2.75, 3.05) is 0 Å². The molecule has 0 saturated carbocycles. The number of hydrogen-bond acceptors (Lipinski definition) is 1. The van der Waals surface area contributed by atoms with Crippen LogP contribution in [0.3, 0.4) is 0 Å². The van der Waals surface area contributed by atoms with Gasteiger partial charge >= 0.3 is 0 Å². The number of hydrogen-bond donors (Lipinski definition) is 1. The second kappa shape index (κ2) is 3.83. The van der Waals surface area contributed by atoms with Crippen LogP contribution in [0.15, 0.2) is 18.2 Å². The highest BCUT2D eigenvalue weighted by Gasteiger charge is 2.15. The summed E-state index contributed by atoms with van der Waals surface area (Å²) < 4.78 is 25.9. The molecule has 0 aliphatic carbocycles. The van der Waals surface area contributed by atoms with Gasteiger partial charge in [0.1, 0.15) is 11.6 Å². The fraction of sp³-hybridized carbons (Fsp3) is 0.400. The van der Waals surface area contributed by atoms with Crippen LogP contribution in [-0.4, -0.2) is 0 Å². The van der Waals surface area contributed by atoms with Crippen LogP contribution in [0.25, 0.3) is 0 Å². The Kier molecular flexibility index (Phi) is 2.98. The van der Waals surface area contributed by atoms with Crippen LogP contribution in [0, 0.1) is 17.6 Å². The van der Waals surface area contributed by atoms with Crippen molar-refractivity contribution in [1.82, 2.24) is 0 Å². The molecule has 0 aromatic heterocycles. The van der Waals surface area contributed by atoms with Crippen molar-refractivity contribution in [2.45, 2.75) is 19.9 Å². The van der Waals surface area contributed by atoms with Gasteiger partial charge in [0.15, 0.2) is 0 Å². The van der Waals surface area contributed by atoms with Gasteiger partial charge in [0.05, 0.1) is 0 Å².